The lowest BCUT2D eigenvalue weighted by Crippen LogP contribution is -2.53. The van der Waals surface area contributed by atoms with Crippen LogP contribution in [0.5, 0.6) is 0 Å². The predicted octanol–water partition coefficient (Wildman–Crippen LogP) is 5.02. The van der Waals surface area contributed by atoms with Crippen molar-refractivity contribution in [3.8, 4) is 0 Å². The van der Waals surface area contributed by atoms with Gasteiger partial charge in [0.2, 0.25) is 5.91 Å². The van der Waals surface area contributed by atoms with Gasteiger partial charge in [0.15, 0.2) is 0 Å². The number of amides is 1. The van der Waals surface area contributed by atoms with Gasteiger partial charge in [0.05, 0.1) is 11.8 Å². The van der Waals surface area contributed by atoms with E-state index in [1.54, 1.807) is 0 Å². The molecule has 2 aliphatic heterocycles. The van der Waals surface area contributed by atoms with Crippen molar-refractivity contribution >= 4 is 11.9 Å². The molecule has 2 heterocycles. The quantitative estimate of drug-likeness (QED) is 0.497. The molecule has 0 unspecified atom stereocenters. The molecular formula is C31H49N3O3. The summed E-state index contributed by atoms with van der Waals surface area (Å²) in [4.78, 5) is 32.0. The SMILES string of the molecule is C[C@@H]1CN(Cc2ccccc2)C[C@]1(CC(=O)OC(C)(C)C)C(=O)NC1CCN(CC2CCCCC2)CC1. The van der Waals surface area contributed by atoms with Crippen LogP contribution in [0.1, 0.15) is 84.6 Å². The predicted molar refractivity (Wildman–Crippen MR) is 148 cm³/mol. The van der Waals surface area contributed by atoms with E-state index in [1.165, 1.54) is 44.2 Å². The third kappa shape index (κ3) is 7.79. The fourth-order valence-corrected chi connectivity index (χ4v) is 6.71. The molecule has 2 saturated heterocycles. The Hall–Kier alpha value is -1.92. The lowest BCUT2D eigenvalue weighted by Gasteiger charge is -2.38. The smallest absolute Gasteiger partial charge is 0.307 e. The molecule has 3 aliphatic rings. The highest BCUT2D eigenvalue weighted by Crippen LogP contribution is 2.41. The minimum atomic E-state index is -0.768. The molecular weight excluding hydrogens is 462 g/mol. The van der Waals surface area contributed by atoms with Gasteiger partial charge in [0.25, 0.3) is 0 Å². The second-order valence-electron chi connectivity index (χ2n) is 13.0. The number of nitrogens with zero attached hydrogens (tertiary/aromatic N) is 2. The molecule has 2 atom stereocenters. The van der Waals surface area contributed by atoms with E-state index in [-0.39, 0.29) is 30.3 Å². The van der Waals surface area contributed by atoms with Crippen LogP contribution < -0.4 is 5.32 Å². The van der Waals surface area contributed by atoms with Crippen molar-refractivity contribution in [2.75, 3.05) is 32.7 Å². The summed E-state index contributed by atoms with van der Waals surface area (Å²) in [5, 5.41) is 3.41. The summed E-state index contributed by atoms with van der Waals surface area (Å²) in [5.74, 6) is 0.674. The summed E-state index contributed by atoms with van der Waals surface area (Å²) >= 11 is 0. The van der Waals surface area contributed by atoms with Gasteiger partial charge in [-0.15, -0.1) is 0 Å². The van der Waals surface area contributed by atoms with Crippen LogP contribution in [-0.4, -0.2) is 66.0 Å². The van der Waals surface area contributed by atoms with E-state index >= 15 is 0 Å². The van der Waals surface area contributed by atoms with Crippen LogP contribution in [0.15, 0.2) is 30.3 Å². The third-order valence-corrected chi connectivity index (χ3v) is 8.73. The molecule has 1 N–H and O–H groups in total. The maximum atomic E-state index is 14.0. The first-order valence-electron chi connectivity index (χ1n) is 14.6. The molecule has 1 aromatic rings. The number of piperidine rings is 1. The average molecular weight is 512 g/mol. The molecule has 0 spiro atoms. The fraction of sp³-hybridized carbons (Fsp3) is 0.742. The normalized spacial score (nSPS) is 26.8. The summed E-state index contributed by atoms with van der Waals surface area (Å²) in [6.07, 6.45) is 9.03. The number of rotatable bonds is 8. The lowest BCUT2D eigenvalue weighted by atomic mass is 9.75. The summed E-state index contributed by atoms with van der Waals surface area (Å²) < 4.78 is 5.71. The Morgan fingerprint density at radius 1 is 1.00 bits per heavy atom. The lowest BCUT2D eigenvalue weighted by molar-refractivity contribution is -0.161. The standard InChI is InChI=1S/C31H49N3O3/c1-24-20-34(22-26-13-9-6-10-14-26)23-31(24,19-28(35)37-30(2,3)4)29(36)32-27-15-17-33(18-16-27)21-25-11-7-5-8-12-25/h6,9-10,13-14,24-25,27H,5,7-8,11-12,15-23H2,1-4H3,(H,32,36)/t24-,31+/m1/s1. The Bertz CT molecular complexity index is 885. The van der Waals surface area contributed by atoms with Gasteiger partial charge < -0.3 is 15.0 Å². The molecule has 0 bridgehead atoms. The monoisotopic (exact) mass is 511 g/mol. The molecule has 1 aromatic carbocycles. The van der Waals surface area contributed by atoms with E-state index in [0.717, 1.165) is 44.9 Å². The highest BCUT2D eigenvalue weighted by Gasteiger charge is 2.52. The topological polar surface area (TPSA) is 61.9 Å². The van der Waals surface area contributed by atoms with E-state index < -0.39 is 11.0 Å². The number of carbonyl (C=O) groups is 2. The minimum Gasteiger partial charge on any atom is -0.460 e. The third-order valence-electron chi connectivity index (χ3n) is 8.73. The first-order valence-corrected chi connectivity index (χ1v) is 14.6. The number of hydrogen-bond donors (Lipinski definition) is 1. The first-order chi connectivity index (χ1) is 17.6. The van der Waals surface area contributed by atoms with Crippen molar-refractivity contribution in [3.05, 3.63) is 35.9 Å². The number of nitrogens with one attached hydrogen (secondary N) is 1. The van der Waals surface area contributed by atoms with E-state index in [2.05, 4.69) is 46.3 Å². The van der Waals surface area contributed by atoms with Gasteiger partial charge in [-0.05, 0) is 63.9 Å². The van der Waals surface area contributed by atoms with Crippen LogP contribution in [0.3, 0.4) is 0 Å². The Balaban J connectivity index is 1.39. The van der Waals surface area contributed by atoms with Crippen molar-refractivity contribution in [3.63, 3.8) is 0 Å². The van der Waals surface area contributed by atoms with E-state index in [9.17, 15) is 9.59 Å². The van der Waals surface area contributed by atoms with Crippen LogP contribution in [0.25, 0.3) is 0 Å². The maximum Gasteiger partial charge on any atom is 0.307 e. The number of carbonyl (C=O) groups excluding carboxylic acids is 2. The molecule has 6 heteroatoms. The van der Waals surface area contributed by atoms with Crippen LogP contribution in [0.2, 0.25) is 0 Å². The molecule has 1 amide bonds. The van der Waals surface area contributed by atoms with Crippen LogP contribution in [0, 0.1) is 17.3 Å². The largest absolute Gasteiger partial charge is 0.460 e. The Labute approximate surface area is 224 Å². The highest BCUT2D eigenvalue weighted by atomic mass is 16.6. The Morgan fingerprint density at radius 3 is 2.32 bits per heavy atom. The summed E-state index contributed by atoms with van der Waals surface area (Å²) in [6.45, 7) is 13.3. The fourth-order valence-electron chi connectivity index (χ4n) is 6.71. The molecule has 1 saturated carbocycles. The molecule has 0 aromatic heterocycles. The second-order valence-corrected chi connectivity index (χ2v) is 13.0. The van der Waals surface area contributed by atoms with E-state index in [1.807, 2.05) is 26.8 Å². The number of esters is 1. The van der Waals surface area contributed by atoms with Gasteiger partial charge in [-0.25, -0.2) is 0 Å². The van der Waals surface area contributed by atoms with Crippen molar-refractivity contribution < 1.29 is 14.3 Å². The van der Waals surface area contributed by atoms with Crippen LogP contribution in [0.4, 0.5) is 0 Å². The Kier molecular flexibility index (Phi) is 9.33. The summed E-state index contributed by atoms with van der Waals surface area (Å²) in [7, 11) is 0. The van der Waals surface area contributed by atoms with Crippen molar-refractivity contribution in [1.29, 1.82) is 0 Å². The summed E-state index contributed by atoms with van der Waals surface area (Å²) in [5.41, 5.74) is -0.101. The number of likely N-dealkylation sites (tertiary alicyclic amines) is 2. The molecule has 1 aliphatic carbocycles. The van der Waals surface area contributed by atoms with Gasteiger partial charge in [0, 0.05) is 45.3 Å². The maximum absolute atomic E-state index is 14.0. The minimum absolute atomic E-state index is 0.0344. The second kappa shape index (κ2) is 12.3. The van der Waals surface area contributed by atoms with Crippen LogP contribution >= 0.6 is 0 Å². The van der Waals surface area contributed by atoms with Crippen molar-refractivity contribution in [2.45, 2.75) is 97.2 Å². The van der Waals surface area contributed by atoms with Crippen LogP contribution in [-0.2, 0) is 20.9 Å². The number of ether oxygens (including phenoxy) is 1. The molecule has 6 nitrogen and oxygen atoms in total. The zero-order valence-electron chi connectivity index (χ0n) is 23.6. The van der Waals surface area contributed by atoms with E-state index in [0.29, 0.717) is 6.54 Å². The zero-order valence-corrected chi connectivity index (χ0v) is 23.6. The van der Waals surface area contributed by atoms with Gasteiger partial charge in [-0.1, -0.05) is 56.5 Å². The van der Waals surface area contributed by atoms with E-state index in [4.69, 9.17) is 4.74 Å². The van der Waals surface area contributed by atoms with Crippen molar-refractivity contribution in [1.82, 2.24) is 15.1 Å². The Morgan fingerprint density at radius 2 is 1.68 bits per heavy atom. The highest BCUT2D eigenvalue weighted by molar-refractivity contribution is 5.88. The molecule has 3 fully saturated rings. The number of hydrogen-bond acceptors (Lipinski definition) is 5. The van der Waals surface area contributed by atoms with Gasteiger partial charge in [-0.3, -0.25) is 14.5 Å². The molecule has 4 rings (SSSR count). The molecule has 206 valence electrons. The molecule has 37 heavy (non-hydrogen) atoms. The number of benzene rings is 1. The zero-order chi connectivity index (χ0) is 26.5. The average Bonchev–Trinajstić information content (AvgIpc) is 3.15. The van der Waals surface area contributed by atoms with Gasteiger partial charge >= 0.3 is 5.97 Å². The van der Waals surface area contributed by atoms with Crippen molar-refractivity contribution in [2.24, 2.45) is 17.3 Å². The van der Waals surface area contributed by atoms with Gasteiger partial charge in [-0.2, -0.15) is 0 Å². The first kappa shape index (κ1) is 28.1. The summed E-state index contributed by atoms with van der Waals surface area (Å²) in [6, 6.07) is 10.6. The van der Waals surface area contributed by atoms with Gasteiger partial charge in [0.1, 0.15) is 5.60 Å². The molecule has 0 radical (unpaired) electrons.